The summed E-state index contributed by atoms with van der Waals surface area (Å²) in [6.07, 6.45) is 4.26. The molecule has 1 fully saturated rings. The fraction of sp³-hybridized carbons (Fsp3) is 0.833. The van der Waals surface area contributed by atoms with E-state index in [1.165, 1.54) is 0 Å². The minimum Gasteiger partial charge on any atom is -0.370 e. The number of rotatable bonds is 8. The van der Waals surface area contributed by atoms with Crippen molar-refractivity contribution in [3.8, 4) is 0 Å². The number of carbonyl (C=O) groups excluding carboxylic acids is 2. The van der Waals surface area contributed by atoms with Gasteiger partial charge in [0.05, 0.1) is 5.75 Å². The van der Waals surface area contributed by atoms with Crippen LogP contribution in [0, 0.1) is 0 Å². The minimum atomic E-state index is -0.275. The van der Waals surface area contributed by atoms with Gasteiger partial charge in [-0.1, -0.05) is 0 Å². The second-order valence-corrected chi connectivity index (χ2v) is 5.82. The van der Waals surface area contributed by atoms with Crippen molar-refractivity contribution in [2.24, 2.45) is 5.73 Å². The van der Waals surface area contributed by atoms with Crippen LogP contribution in [0.1, 0.15) is 32.1 Å². The molecule has 0 atom stereocenters. The van der Waals surface area contributed by atoms with E-state index < -0.39 is 0 Å². The average Bonchev–Trinajstić information content (AvgIpc) is 2.37. The van der Waals surface area contributed by atoms with Crippen molar-refractivity contribution in [2.75, 3.05) is 25.4 Å². The number of nitrogens with one attached hydrogen (secondary N) is 2. The molecule has 0 aliphatic carbocycles. The van der Waals surface area contributed by atoms with Gasteiger partial charge in [-0.2, -0.15) is 0 Å². The van der Waals surface area contributed by atoms with Gasteiger partial charge in [-0.15, -0.1) is 11.8 Å². The van der Waals surface area contributed by atoms with E-state index in [0.717, 1.165) is 38.8 Å². The number of unbranched alkanes of at least 4 members (excludes halogenated alkanes) is 1. The van der Waals surface area contributed by atoms with Crippen LogP contribution in [0.3, 0.4) is 0 Å². The second-order valence-electron chi connectivity index (χ2n) is 4.53. The van der Waals surface area contributed by atoms with Crippen LogP contribution in [0.15, 0.2) is 0 Å². The van der Waals surface area contributed by atoms with Gasteiger partial charge in [0.2, 0.25) is 11.8 Å². The lowest BCUT2D eigenvalue weighted by molar-refractivity contribution is -0.118. The summed E-state index contributed by atoms with van der Waals surface area (Å²) in [5.74, 6) is 0.362. The quantitative estimate of drug-likeness (QED) is 0.553. The van der Waals surface area contributed by atoms with Crippen LogP contribution >= 0.6 is 11.8 Å². The zero-order valence-corrected chi connectivity index (χ0v) is 11.6. The first-order valence-electron chi connectivity index (χ1n) is 6.56. The second kappa shape index (κ2) is 9.22. The maximum Gasteiger partial charge on any atom is 0.230 e. The highest BCUT2D eigenvalue weighted by Crippen LogP contribution is 2.19. The Kier molecular flexibility index (Phi) is 7.84. The molecule has 4 N–H and O–H groups in total. The zero-order valence-electron chi connectivity index (χ0n) is 10.7. The van der Waals surface area contributed by atoms with Crippen LogP contribution in [0.2, 0.25) is 0 Å². The minimum absolute atomic E-state index is 0.0950. The van der Waals surface area contributed by atoms with E-state index in [1.54, 1.807) is 11.8 Å². The number of piperidine rings is 1. The smallest absolute Gasteiger partial charge is 0.230 e. The number of hydrogen-bond donors (Lipinski definition) is 3. The highest BCUT2D eigenvalue weighted by Gasteiger charge is 2.14. The number of primary amides is 1. The van der Waals surface area contributed by atoms with E-state index in [1.807, 2.05) is 0 Å². The zero-order chi connectivity index (χ0) is 13.2. The molecule has 0 radical (unpaired) electrons. The van der Waals surface area contributed by atoms with Crippen LogP contribution in [0.25, 0.3) is 0 Å². The summed E-state index contributed by atoms with van der Waals surface area (Å²) in [6.45, 7) is 2.76. The molecule has 0 unspecified atom stereocenters. The molecule has 0 aromatic heterocycles. The van der Waals surface area contributed by atoms with Gasteiger partial charge in [0.15, 0.2) is 0 Å². The molecule has 1 rings (SSSR count). The van der Waals surface area contributed by atoms with E-state index in [-0.39, 0.29) is 11.8 Å². The highest BCUT2D eigenvalue weighted by molar-refractivity contribution is 8.00. The van der Waals surface area contributed by atoms with Gasteiger partial charge in [0.25, 0.3) is 0 Å². The summed E-state index contributed by atoms with van der Waals surface area (Å²) < 4.78 is 0. The lowest BCUT2D eigenvalue weighted by Gasteiger charge is -2.21. The lowest BCUT2D eigenvalue weighted by atomic mass is 10.2. The van der Waals surface area contributed by atoms with Crippen molar-refractivity contribution in [3.05, 3.63) is 0 Å². The van der Waals surface area contributed by atoms with Crippen LogP contribution in [-0.4, -0.2) is 42.5 Å². The summed E-state index contributed by atoms with van der Waals surface area (Å²) >= 11 is 1.75. The Balaban J connectivity index is 1.94. The summed E-state index contributed by atoms with van der Waals surface area (Å²) in [5, 5.41) is 6.79. The van der Waals surface area contributed by atoms with Crippen molar-refractivity contribution < 1.29 is 9.59 Å². The Morgan fingerprint density at radius 3 is 2.67 bits per heavy atom. The van der Waals surface area contributed by atoms with Gasteiger partial charge in [-0.05, 0) is 38.8 Å². The number of hydrogen-bond acceptors (Lipinski definition) is 4. The molecule has 6 heteroatoms. The summed E-state index contributed by atoms with van der Waals surface area (Å²) in [5.41, 5.74) is 5.03. The number of nitrogens with two attached hydrogens (primary N) is 1. The van der Waals surface area contributed by atoms with Crippen LogP contribution < -0.4 is 16.4 Å². The predicted molar refractivity (Wildman–Crippen MR) is 74.4 cm³/mol. The first-order chi connectivity index (χ1) is 8.68. The molecule has 1 heterocycles. The lowest BCUT2D eigenvalue weighted by Crippen LogP contribution is -2.31. The molecule has 0 saturated carbocycles. The first kappa shape index (κ1) is 15.3. The molecular weight excluding hydrogens is 250 g/mol. The molecule has 0 bridgehead atoms. The maximum atomic E-state index is 11.5. The molecule has 1 aliphatic rings. The fourth-order valence-electron chi connectivity index (χ4n) is 1.86. The molecule has 1 saturated heterocycles. The summed E-state index contributed by atoms with van der Waals surface area (Å²) in [4.78, 5) is 22.0. The van der Waals surface area contributed by atoms with Crippen LogP contribution in [0.5, 0.6) is 0 Å². The van der Waals surface area contributed by atoms with Crippen molar-refractivity contribution in [1.29, 1.82) is 0 Å². The third kappa shape index (κ3) is 7.55. The third-order valence-corrected chi connectivity index (χ3v) is 4.28. The topological polar surface area (TPSA) is 84.2 Å². The normalized spacial score (nSPS) is 16.4. The van der Waals surface area contributed by atoms with E-state index >= 15 is 0 Å². The number of thioether (sulfide) groups is 1. The van der Waals surface area contributed by atoms with Crippen molar-refractivity contribution in [1.82, 2.24) is 10.6 Å². The Labute approximate surface area is 113 Å². The van der Waals surface area contributed by atoms with Crippen molar-refractivity contribution >= 4 is 23.6 Å². The monoisotopic (exact) mass is 273 g/mol. The van der Waals surface area contributed by atoms with Gasteiger partial charge in [-0.3, -0.25) is 9.59 Å². The van der Waals surface area contributed by atoms with Gasteiger partial charge in [0, 0.05) is 18.2 Å². The van der Waals surface area contributed by atoms with Crippen LogP contribution in [0.4, 0.5) is 0 Å². The Bertz CT molecular complexity index is 268. The molecule has 104 valence electrons. The first-order valence-corrected chi connectivity index (χ1v) is 7.60. The average molecular weight is 273 g/mol. The maximum absolute atomic E-state index is 11.5. The summed E-state index contributed by atoms with van der Waals surface area (Å²) in [7, 11) is 0. The standard InChI is InChI=1S/C12H23N3O2S/c13-11(16)3-1-2-6-15-12(17)9-18-10-4-7-14-8-5-10/h10,14H,1-9H2,(H2,13,16)(H,15,17). The third-order valence-electron chi connectivity index (χ3n) is 2.91. The molecule has 0 spiro atoms. The van der Waals surface area contributed by atoms with Crippen molar-refractivity contribution in [3.63, 3.8) is 0 Å². The molecule has 1 aliphatic heterocycles. The molecular formula is C12H23N3O2S. The fourth-order valence-corrected chi connectivity index (χ4v) is 2.92. The van der Waals surface area contributed by atoms with Gasteiger partial charge in [0.1, 0.15) is 0 Å². The largest absolute Gasteiger partial charge is 0.370 e. The SMILES string of the molecule is NC(=O)CCCCNC(=O)CSC1CCNCC1. The van der Waals surface area contributed by atoms with E-state index in [4.69, 9.17) is 5.73 Å². The van der Waals surface area contributed by atoms with Gasteiger partial charge < -0.3 is 16.4 Å². The molecule has 18 heavy (non-hydrogen) atoms. The van der Waals surface area contributed by atoms with Gasteiger partial charge in [-0.25, -0.2) is 0 Å². The molecule has 0 aromatic carbocycles. The van der Waals surface area contributed by atoms with E-state index in [0.29, 0.717) is 24.0 Å². The Morgan fingerprint density at radius 1 is 1.28 bits per heavy atom. The van der Waals surface area contributed by atoms with Gasteiger partial charge >= 0.3 is 0 Å². The molecule has 5 nitrogen and oxygen atoms in total. The van der Waals surface area contributed by atoms with Crippen LogP contribution in [-0.2, 0) is 9.59 Å². The Hall–Kier alpha value is -0.750. The summed E-state index contributed by atoms with van der Waals surface area (Å²) in [6, 6.07) is 0. The number of carbonyl (C=O) groups is 2. The Morgan fingerprint density at radius 2 is 2.00 bits per heavy atom. The van der Waals surface area contributed by atoms with E-state index in [9.17, 15) is 9.59 Å². The number of amides is 2. The highest BCUT2D eigenvalue weighted by atomic mass is 32.2. The van der Waals surface area contributed by atoms with Crippen molar-refractivity contribution in [2.45, 2.75) is 37.4 Å². The van der Waals surface area contributed by atoms with E-state index in [2.05, 4.69) is 10.6 Å². The predicted octanol–water partition coefficient (Wildman–Crippen LogP) is 0.243. The molecule has 0 aromatic rings. The molecule has 2 amide bonds.